The second-order valence-electron chi connectivity index (χ2n) is 4.37. The topological polar surface area (TPSA) is 59.7 Å². The van der Waals surface area contributed by atoms with Crippen molar-refractivity contribution in [1.29, 1.82) is 0 Å². The average Bonchev–Trinajstić information content (AvgIpc) is 2.90. The standard InChI is InChI=1S/C16H12O4/c1-19-14-7-6-11(16(17)18)8-12(14)15-9-10-4-2-3-5-13(10)20-15/h2-9H,1H3,(H,17,18). The molecule has 0 spiro atoms. The summed E-state index contributed by atoms with van der Waals surface area (Å²) < 4.78 is 11.0. The predicted molar refractivity (Wildman–Crippen MR) is 75.2 cm³/mol. The highest BCUT2D eigenvalue weighted by atomic mass is 16.5. The van der Waals surface area contributed by atoms with Gasteiger partial charge in [-0.25, -0.2) is 4.79 Å². The molecule has 4 nitrogen and oxygen atoms in total. The van der Waals surface area contributed by atoms with Crippen molar-refractivity contribution in [3.63, 3.8) is 0 Å². The number of carboxylic acids is 1. The van der Waals surface area contributed by atoms with Crippen LogP contribution in [0.5, 0.6) is 5.75 Å². The maximum absolute atomic E-state index is 11.1. The molecular formula is C16H12O4. The second kappa shape index (κ2) is 4.74. The summed E-state index contributed by atoms with van der Waals surface area (Å²) in [4.78, 5) is 11.1. The van der Waals surface area contributed by atoms with Crippen LogP contribution in [0, 0.1) is 0 Å². The van der Waals surface area contributed by atoms with Gasteiger partial charge in [-0.05, 0) is 30.3 Å². The predicted octanol–water partition coefficient (Wildman–Crippen LogP) is 3.81. The molecule has 100 valence electrons. The first-order valence-corrected chi connectivity index (χ1v) is 6.09. The van der Waals surface area contributed by atoms with Crippen molar-refractivity contribution < 1.29 is 19.1 Å². The monoisotopic (exact) mass is 268 g/mol. The molecule has 4 heteroatoms. The van der Waals surface area contributed by atoms with Crippen LogP contribution in [0.2, 0.25) is 0 Å². The number of fused-ring (bicyclic) bond motifs is 1. The minimum atomic E-state index is -0.981. The lowest BCUT2D eigenvalue weighted by Gasteiger charge is -2.06. The molecule has 3 rings (SSSR count). The van der Waals surface area contributed by atoms with Crippen molar-refractivity contribution in [1.82, 2.24) is 0 Å². The van der Waals surface area contributed by atoms with Crippen LogP contribution in [0.25, 0.3) is 22.3 Å². The first kappa shape index (κ1) is 12.3. The van der Waals surface area contributed by atoms with E-state index in [1.807, 2.05) is 30.3 Å². The maximum Gasteiger partial charge on any atom is 0.335 e. The summed E-state index contributed by atoms with van der Waals surface area (Å²) in [5.41, 5.74) is 1.58. The molecule has 0 amide bonds. The lowest BCUT2D eigenvalue weighted by atomic mass is 10.1. The van der Waals surface area contributed by atoms with Gasteiger partial charge in [-0.1, -0.05) is 18.2 Å². The van der Waals surface area contributed by atoms with Crippen LogP contribution >= 0.6 is 0 Å². The van der Waals surface area contributed by atoms with Crippen molar-refractivity contribution in [2.45, 2.75) is 0 Å². The number of hydrogen-bond donors (Lipinski definition) is 1. The Balaban J connectivity index is 2.20. The van der Waals surface area contributed by atoms with Gasteiger partial charge in [0.05, 0.1) is 18.2 Å². The average molecular weight is 268 g/mol. The van der Waals surface area contributed by atoms with E-state index >= 15 is 0 Å². The van der Waals surface area contributed by atoms with Crippen LogP contribution in [0.4, 0.5) is 0 Å². The third-order valence-corrected chi connectivity index (χ3v) is 3.14. The molecule has 0 unspecified atom stereocenters. The molecule has 0 aliphatic carbocycles. The van der Waals surface area contributed by atoms with E-state index in [4.69, 9.17) is 14.3 Å². The summed E-state index contributed by atoms with van der Waals surface area (Å²) in [6.07, 6.45) is 0. The van der Waals surface area contributed by atoms with Crippen LogP contribution in [0.1, 0.15) is 10.4 Å². The quantitative estimate of drug-likeness (QED) is 0.784. The Morgan fingerprint density at radius 3 is 2.65 bits per heavy atom. The SMILES string of the molecule is COc1ccc(C(=O)O)cc1-c1cc2ccccc2o1. The van der Waals surface area contributed by atoms with Gasteiger partial charge in [-0.2, -0.15) is 0 Å². The number of hydrogen-bond acceptors (Lipinski definition) is 3. The molecule has 0 radical (unpaired) electrons. The number of carbonyl (C=O) groups is 1. The minimum Gasteiger partial charge on any atom is -0.496 e. The van der Waals surface area contributed by atoms with Crippen LogP contribution in [-0.2, 0) is 0 Å². The Hall–Kier alpha value is -2.75. The number of benzene rings is 2. The molecule has 2 aromatic carbocycles. The molecule has 20 heavy (non-hydrogen) atoms. The third kappa shape index (κ3) is 2.01. The summed E-state index contributed by atoms with van der Waals surface area (Å²) in [6.45, 7) is 0. The first-order valence-electron chi connectivity index (χ1n) is 6.09. The van der Waals surface area contributed by atoms with E-state index in [9.17, 15) is 4.79 Å². The number of aromatic carboxylic acids is 1. The van der Waals surface area contributed by atoms with E-state index in [1.54, 1.807) is 19.2 Å². The Morgan fingerprint density at radius 1 is 1.15 bits per heavy atom. The summed E-state index contributed by atoms with van der Waals surface area (Å²) in [5, 5.41) is 10.1. The zero-order valence-corrected chi connectivity index (χ0v) is 10.8. The molecular weight excluding hydrogens is 256 g/mol. The molecule has 1 N–H and O–H groups in total. The number of para-hydroxylation sites is 1. The highest BCUT2D eigenvalue weighted by molar-refractivity contribution is 5.91. The van der Waals surface area contributed by atoms with Crippen molar-refractivity contribution in [2.75, 3.05) is 7.11 Å². The van der Waals surface area contributed by atoms with E-state index in [1.165, 1.54) is 6.07 Å². The molecule has 0 aliphatic heterocycles. The number of methoxy groups -OCH3 is 1. The van der Waals surface area contributed by atoms with Crippen LogP contribution in [0.3, 0.4) is 0 Å². The first-order chi connectivity index (χ1) is 9.69. The Labute approximate surface area is 115 Å². The van der Waals surface area contributed by atoms with Gasteiger partial charge in [-0.15, -0.1) is 0 Å². The van der Waals surface area contributed by atoms with E-state index in [0.717, 1.165) is 11.0 Å². The van der Waals surface area contributed by atoms with Gasteiger partial charge in [0, 0.05) is 5.39 Å². The van der Waals surface area contributed by atoms with Gasteiger partial charge in [-0.3, -0.25) is 0 Å². The summed E-state index contributed by atoms with van der Waals surface area (Å²) in [7, 11) is 1.54. The number of ether oxygens (including phenoxy) is 1. The van der Waals surface area contributed by atoms with Gasteiger partial charge in [0.1, 0.15) is 17.1 Å². The fourth-order valence-corrected chi connectivity index (χ4v) is 2.15. The van der Waals surface area contributed by atoms with Gasteiger partial charge in [0.15, 0.2) is 0 Å². The molecule has 0 fully saturated rings. The Kier molecular flexibility index (Phi) is 2.91. The smallest absolute Gasteiger partial charge is 0.335 e. The zero-order valence-electron chi connectivity index (χ0n) is 10.8. The molecule has 0 bridgehead atoms. The molecule has 0 atom stereocenters. The van der Waals surface area contributed by atoms with Gasteiger partial charge in [0.25, 0.3) is 0 Å². The Bertz CT molecular complexity index is 753. The van der Waals surface area contributed by atoms with Gasteiger partial charge >= 0.3 is 5.97 Å². The summed E-state index contributed by atoms with van der Waals surface area (Å²) in [5.74, 6) is 0.185. The van der Waals surface area contributed by atoms with Crippen molar-refractivity contribution in [2.24, 2.45) is 0 Å². The zero-order chi connectivity index (χ0) is 14.1. The minimum absolute atomic E-state index is 0.196. The summed E-state index contributed by atoms with van der Waals surface area (Å²) in [6, 6.07) is 14.2. The van der Waals surface area contributed by atoms with E-state index in [2.05, 4.69) is 0 Å². The Morgan fingerprint density at radius 2 is 1.95 bits per heavy atom. The number of furan rings is 1. The highest BCUT2D eigenvalue weighted by Gasteiger charge is 2.14. The van der Waals surface area contributed by atoms with Crippen molar-refractivity contribution in [3.8, 4) is 17.1 Å². The largest absolute Gasteiger partial charge is 0.496 e. The second-order valence-corrected chi connectivity index (χ2v) is 4.37. The molecule has 1 aromatic heterocycles. The van der Waals surface area contributed by atoms with E-state index in [0.29, 0.717) is 17.1 Å². The number of rotatable bonds is 3. The molecule has 0 saturated carbocycles. The third-order valence-electron chi connectivity index (χ3n) is 3.14. The van der Waals surface area contributed by atoms with E-state index < -0.39 is 5.97 Å². The van der Waals surface area contributed by atoms with Crippen molar-refractivity contribution >= 4 is 16.9 Å². The van der Waals surface area contributed by atoms with Crippen LogP contribution in [0.15, 0.2) is 52.9 Å². The normalized spacial score (nSPS) is 10.7. The van der Waals surface area contributed by atoms with Crippen LogP contribution < -0.4 is 4.74 Å². The molecule has 0 saturated heterocycles. The molecule has 3 aromatic rings. The molecule has 1 heterocycles. The van der Waals surface area contributed by atoms with Crippen LogP contribution in [-0.4, -0.2) is 18.2 Å². The van der Waals surface area contributed by atoms with Crippen molar-refractivity contribution in [3.05, 3.63) is 54.1 Å². The van der Waals surface area contributed by atoms with Gasteiger partial charge < -0.3 is 14.3 Å². The fourth-order valence-electron chi connectivity index (χ4n) is 2.15. The van der Waals surface area contributed by atoms with Gasteiger partial charge in [0.2, 0.25) is 0 Å². The van der Waals surface area contributed by atoms with E-state index in [-0.39, 0.29) is 5.56 Å². The fraction of sp³-hybridized carbons (Fsp3) is 0.0625. The highest BCUT2D eigenvalue weighted by Crippen LogP contribution is 2.34. The molecule has 0 aliphatic rings. The summed E-state index contributed by atoms with van der Waals surface area (Å²) >= 11 is 0. The maximum atomic E-state index is 11.1. The lowest BCUT2D eigenvalue weighted by molar-refractivity contribution is 0.0697. The lowest BCUT2D eigenvalue weighted by Crippen LogP contribution is -1.97. The number of carboxylic acid groups (broad SMARTS) is 1.